The zero-order valence-corrected chi connectivity index (χ0v) is 8.04. The van der Waals surface area contributed by atoms with Crippen molar-refractivity contribution in [2.24, 2.45) is 17.6 Å². The summed E-state index contributed by atoms with van der Waals surface area (Å²) in [5, 5.41) is 0. The average Bonchev–Trinajstić information content (AvgIpc) is 2.54. The van der Waals surface area contributed by atoms with E-state index in [4.69, 9.17) is 5.73 Å². The monoisotopic (exact) mass is 201 g/mol. The van der Waals surface area contributed by atoms with Crippen molar-refractivity contribution in [3.8, 4) is 0 Å². The van der Waals surface area contributed by atoms with Crippen LogP contribution in [0.4, 0.5) is 4.39 Å². The Kier molecular flexibility index (Phi) is 1.60. The molecular formula is C9H12FNO3. The number of carbonyl (C=O) groups is 2. The molecule has 0 amide bonds. The number of ketones is 1. The summed E-state index contributed by atoms with van der Waals surface area (Å²) in [6.07, 6.45) is -0.103. The molecule has 0 spiro atoms. The van der Waals surface area contributed by atoms with E-state index < -0.39 is 29.0 Å². The molecule has 0 saturated heterocycles. The number of ether oxygens (including phenoxy) is 1. The molecule has 4 atom stereocenters. The molecule has 0 aromatic carbocycles. The standard InChI is InChI=1S/C9H12FNO3/c1-8(10)5-4(12)3-9(11,6(5)8)7(13)14-2/h5-6H,3,11H2,1-2H3. The second-order valence-corrected chi connectivity index (χ2v) is 4.28. The van der Waals surface area contributed by atoms with Crippen LogP contribution in [0.1, 0.15) is 13.3 Å². The number of alkyl halides is 1. The van der Waals surface area contributed by atoms with Crippen LogP contribution >= 0.6 is 0 Å². The topological polar surface area (TPSA) is 69.4 Å². The van der Waals surface area contributed by atoms with Gasteiger partial charge in [0.2, 0.25) is 0 Å². The Hall–Kier alpha value is -0.970. The van der Waals surface area contributed by atoms with E-state index in [1.54, 1.807) is 0 Å². The van der Waals surface area contributed by atoms with Gasteiger partial charge in [0.15, 0.2) is 0 Å². The number of hydrogen-bond donors (Lipinski definition) is 1. The number of fused-ring (bicyclic) bond motifs is 1. The summed E-state index contributed by atoms with van der Waals surface area (Å²) in [7, 11) is 1.19. The molecule has 2 N–H and O–H groups in total. The predicted molar refractivity (Wildman–Crippen MR) is 45.1 cm³/mol. The lowest BCUT2D eigenvalue weighted by Gasteiger charge is -2.23. The van der Waals surface area contributed by atoms with Gasteiger partial charge in [0.1, 0.15) is 17.0 Å². The van der Waals surface area contributed by atoms with Crippen LogP contribution in [-0.2, 0) is 14.3 Å². The Balaban J connectivity index is 2.33. The van der Waals surface area contributed by atoms with E-state index in [0.29, 0.717) is 0 Å². The number of methoxy groups -OCH3 is 1. The second-order valence-electron chi connectivity index (χ2n) is 4.28. The summed E-state index contributed by atoms with van der Waals surface area (Å²) in [4.78, 5) is 22.7. The van der Waals surface area contributed by atoms with Crippen LogP contribution in [0.3, 0.4) is 0 Å². The zero-order valence-electron chi connectivity index (χ0n) is 8.04. The Morgan fingerprint density at radius 3 is 2.64 bits per heavy atom. The number of nitrogens with two attached hydrogens (primary N) is 1. The third kappa shape index (κ3) is 0.855. The first-order chi connectivity index (χ1) is 6.35. The van der Waals surface area contributed by atoms with Gasteiger partial charge in [-0.15, -0.1) is 0 Å². The first-order valence-corrected chi connectivity index (χ1v) is 4.44. The van der Waals surface area contributed by atoms with E-state index in [9.17, 15) is 14.0 Å². The van der Waals surface area contributed by atoms with Crippen LogP contribution in [0, 0.1) is 11.8 Å². The molecule has 5 heteroatoms. The van der Waals surface area contributed by atoms with Crippen molar-refractivity contribution in [2.75, 3.05) is 7.11 Å². The maximum absolute atomic E-state index is 13.6. The van der Waals surface area contributed by atoms with E-state index in [1.807, 2.05) is 0 Å². The smallest absolute Gasteiger partial charge is 0.326 e. The summed E-state index contributed by atoms with van der Waals surface area (Å²) in [6, 6.07) is 0. The Morgan fingerprint density at radius 2 is 2.29 bits per heavy atom. The molecule has 14 heavy (non-hydrogen) atoms. The van der Waals surface area contributed by atoms with Gasteiger partial charge in [-0.05, 0) is 6.92 Å². The molecular weight excluding hydrogens is 189 g/mol. The highest BCUT2D eigenvalue weighted by Crippen LogP contribution is 2.64. The van der Waals surface area contributed by atoms with Crippen LogP contribution in [-0.4, -0.2) is 30.1 Å². The molecule has 0 aromatic heterocycles. The SMILES string of the molecule is COC(=O)C1(N)CC(=O)C2C1C2(C)F. The molecule has 2 saturated carbocycles. The van der Waals surface area contributed by atoms with E-state index >= 15 is 0 Å². The normalized spacial score (nSPS) is 50.1. The molecule has 0 aromatic rings. The van der Waals surface area contributed by atoms with Gasteiger partial charge >= 0.3 is 5.97 Å². The van der Waals surface area contributed by atoms with Gasteiger partial charge in [-0.2, -0.15) is 0 Å². The van der Waals surface area contributed by atoms with E-state index in [-0.39, 0.29) is 12.2 Å². The van der Waals surface area contributed by atoms with Crippen molar-refractivity contribution in [2.45, 2.75) is 24.6 Å². The highest BCUT2D eigenvalue weighted by molar-refractivity contribution is 6.00. The fraction of sp³-hybridized carbons (Fsp3) is 0.778. The molecule has 4 nitrogen and oxygen atoms in total. The Bertz CT molecular complexity index is 328. The minimum absolute atomic E-state index is 0.103. The molecule has 0 radical (unpaired) electrons. The third-order valence-corrected chi connectivity index (χ3v) is 3.37. The van der Waals surface area contributed by atoms with Gasteiger partial charge in [0.25, 0.3) is 0 Å². The summed E-state index contributed by atoms with van der Waals surface area (Å²) in [5.41, 5.74) is 2.66. The number of halogens is 1. The fourth-order valence-corrected chi connectivity index (χ4v) is 2.68. The molecule has 2 aliphatic carbocycles. The van der Waals surface area contributed by atoms with Crippen LogP contribution in [0.2, 0.25) is 0 Å². The lowest BCUT2D eigenvalue weighted by atomic mass is 9.91. The Morgan fingerprint density at radius 1 is 1.71 bits per heavy atom. The highest BCUT2D eigenvalue weighted by Gasteiger charge is 2.79. The van der Waals surface area contributed by atoms with Gasteiger partial charge in [-0.25, -0.2) is 4.39 Å². The van der Waals surface area contributed by atoms with Gasteiger partial charge in [-0.1, -0.05) is 0 Å². The third-order valence-electron chi connectivity index (χ3n) is 3.37. The first-order valence-electron chi connectivity index (χ1n) is 4.44. The van der Waals surface area contributed by atoms with E-state index in [1.165, 1.54) is 14.0 Å². The second kappa shape index (κ2) is 2.34. The van der Waals surface area contributed by atoms with E-state index in [0.717, 1.165) is 0 Å². The molecule has 0 bridgehead atoms. The van der Waals surface area contributed by atoms with Crippen LogP contribution in [0.5, 0.6) is 0 Å². The number of carbonyl (C=O) groups excluding carboxylic acids is 2. The van der Waals surface area contributed by atoms with Crippen molar-refractivity contribution in [1.82, 2.24) is 0 Å². The molecule has 4 unspecified atom stereocenters. The summed E-state index contributed by atoms with van der Waals surface area (Å²) < 4.78 is 18.1. The number of Topliss-reactive ketones (excluding diaryl/α,β-unsaturated/α-hetero) is 1. The van der Waals surface area contributed by atoms with Gasteiger partial charge < -0.3 is 10.5 Å². The molecule has 2 aliphatic rings. The predicted octanol–water partition coefficient (Wildman–Crippen LogP) is -0.196. The maximum Gasteiger partial charge on any atom is 0.326 e. The molecule has 0 aliphatic heterocycles. The average molecular weight is 201 g/mol. The zero-order chi connectivity index (χ0) is 10.7. The molecule has 2 rings (SSSR count). The van der Waals surface area contributed by atoms with E-state index in [2.05, 4.69) is 4.74 Å². The van der Waals surface area contributed by atoms with Crippen molar-refractivity contribution in [3.63, 3.8) is 0 Å². The van der Waals surface area contributed by atoms with Crippen LogP contribution < -0.4 is 5.73 Å². The maximum atomic E-state index is 13.6. The van der Waals surface area contributed by atoms with Crippen LogP contribution in [0.15, 0.2) is 0 Å². The summed E-state index contributed by atoms with van der Waals surface area (Å²) in [5.74, 6) is -2.37. The Labute approximate surface area is 80.6 Å². The number of rotatable bonds is 1. The minimum atomic E-state index is -1.63. The number of esters is 1. The quantitative estimate of drug-likeness (QED) is 0.597. The highest BCUT2D eigenvalue weighted by atomic mass is 19.1. The lowest BCUT2D eigenvalue weighted by molar-refractivity contribution is -0.149. The van der Waals surface area contributed by atoms with Gasteiger partial charge in [0, 0.05) is 12.3 Å². The summed E-state index contributed by atoms with van der Waals surface area (Å²) in [6.45, 7) is 1.31. The van der Waals surface area contributed by atoms with Crippen LogP contribution in [0.25, 0.3) is 0 Å². The molecule has 0 heterocycles. The lowest BCUT2D eigenvalue weighted by Crippen LogP contribution is -2.52. The van der Waals surface area contributed by atoms with Crippen molar-refractivity contribution in [1.29, 1.82) is 0 Å². The van der Waals surface area contributed by atoms with Crippen molar-refractivity contribution < 1.29 is 18.7 Å². The van der Waals surface area contributed by atoms with Crippen molar-refractivity contribution >= 4 is 11.8 Å². The first kappa shape index (κ1) is 9.58. The van der Waals surface area contributed by atoms with Crippen molar-refractivity contribution in [3.05, 3.63) is 0 Å². The summed E-state index contributed by atoms with van der Waals surface area (Å²) >= 11 is 0. The molecule has 78 valence electrons. The minimum Gasteiger partial charge on any atom is -0.468 e. The largest absolute Gasteiger partial charge is 0.468 e. The van der Waals surface area contributed by atoms with Gasteiger partial charge in [-0.3, -0.25) is 9.59 Å². The van der Waals surface area contributed by atoms with Gasteiger partial charge in [0.05, 0.1) is 13.0 Å². The fourth-order valence-electron chi connectivity index (χ4n) is 2.68. The number of hydrogen-bond acceptors (Lipinski definition) is 4. The molecule has 2 fully saturated rings.